The molecule has 2 amide bonds. The molecule has 0 saturated carbocycles. The normalized spacial score (nSPS) is 33.0. The molecule has 0 aromatic heterocycles. The van der Waals surface area contributed by atoms with E-state index in [1.165, 1.54) is 0 Å². The van der Waals surface area contributed by atoms with Crippen LogP contribution in [0.2, 0.25) is 0 Å². The number of carbonyl (C=O) groups excluding carboxylic acids is 3. The lowest BCUT2D eigenvalue weighted by Gasteiger charge is -2.51. The highest BCUT2D eigenvalue weighted by Crippen LogP contribution is 2.49. The molecule has 0 aliphatic carbocycles. The van der Waals surface area contributed by atoms with Crippen LogP contribution < -0.4 is 0 Å². The number of rotatable bonds is 1. The summed E-state index contributed by atoms with van der Waals surface area (Å²) in [5.74, 6) is -0.311. The van der Waals surface area contributed by atoms with Gasteiger partial charge in [-0.05, 0) is 47.0 Å². The predicted octanol–water partition coefficient (Wildman–Crippen LogP) is 1.83. The van der Waals surface area contributed by atoms with Crippen molar-refractivity contribution in [1.82, 2.24) is 9.80 Å². The molecule has 0 aromatic carbocycles. The second-order valence-corrected chi connectivity index (χ2v) is 9.28. The van der Waals surface area contributed by atoms with Crippen molar-refractivity contribution in [3.8, 4) is 0 Å². The first-order valence-electron chi connectivity index (χ1n) is 9.89. The van der Waals surface area contributed by atoms with Gasteiger partial charge in [-0.2, -0.15) is 0 Å². The average Bonchev–Trinajstić information content (AvgIpc) is 3.06. The fraction of sp³-hybridized carbons (Fsp3) is 0.750. The topological polar surface area (TPSA) is 85.4 Å². The molecule has 2 unspecified atom stereocenters. The fourth-order valence-corrected chi connectivity index (χ4v) is 4.92. The van der Waals surface area contributed by atoms with E-state index in [4.69, 9.17) is 14.2 Å². The van der Waals surface area contributed by atoms with Gasteiger partial charge in [0.2, 0.25) is 5.91 Å². The lowest BCUT2D eigenvalue weighted by molar-refractivity contribution is -0.148. The van der Waals surface area contributed by atoms with Crippen LogP contribution in [0.5, 0.6) is 0 Å². The summed E-state index contributed by atoms with van der Waals surface area (Å²) >= 11 is 0. The molecule has 1 spiro atoms. The Morgan fingerprint density at radius 2 is 1.82 bits per heavy atom. The van der Waals surface area contributed by atoms with E-state index >= 15 is 0 Å². The van der Waals surface area contributed by atoms with Crippen molar-refractivity contribution in [2.24, 2.45) is 5.41 Å². The average molecular weight is 392 g/mol. The molecule has 3 fully saturated rings. The van der Waals surface area contributed by atoms with Crippen LogP contribution in [0.3, 0.4) is 0 Å². The minimum absolute atomic E-state index is 0.0425. The summed E-state index contributed by atoms with van der Waals surface area (Å²) in [6.45, 7) is 8.81. The molecule has 2 atom stereocenters. The quantitative estimate of drug-likeness (QED) is 0.633. The number of fused-ring (bicyclic) bond motifs is 2. The molecule has 0 radical (unpaired) electrons. The van der Waals surface area contributed by atoms with Crippen LogP contribution in [-0.4, -0.2) is 71.8 Å². The Morgan fingerprint density at radius 3 is 2.36 bits per heavy atom. The highest BCUT2D eigenvalue weighted by molar-refractivity contribution is 5.94. The number of carbonyl (C=O) groups is 3. The third-order valence-electron chi connectivity index (χ3n) is 6.18. The molecule has 4 aliphatic rings. The number of esters is 1. The Hall–Kier alpha value is -2.09. The number of piperidine rings is 1. The summed E-state index contributed by atoms with van der Waals surface area (Å²) in [4.78, 5) is 41.4. The van der Waals surface area contributed by atoms with Gasteiger partial charge < -0.3 is 19.1 Å². The van der Waals surface area contributed by atoms with Crippen LogP contribution in [-0.2, 0) is 23.8 Å². The van der Waals surface area contributed by atoms with Gasteiger partial charge in [0.25, 0.3) is 0 Å². The molecule has 0 aromatic rings. The van der Waals surface area contributed by atoms with Gasteiger partial charge in [0.15, 0.2) is 0 Å². The SMILES string of the molecule is CC1=C(N2CCC3(CC4COCC(C3)N4C(=O)OC(C)(C)C)C2=O)COC1=O. The fourth-order valence-electron chi connectivity index (χ4n) is 4.92. The van der Waals surface area contributed by atoms with E-state index in [-0.39, 0.29) is 36.7 Å². The number of ether oxygens (including phenoxy) is 3. The lowest BCUT2D eigenvalue weighted by Crippen LogP contribution is -2.63. The second kappa shape index (κ2) is 6.47. The summed E-state index contributed by atoms with van der Waals surface area (Å²) in [7, 11) is 0. The Bertz CT molecular complexity index is 738. The minimum atomic E-state index is -0.569. The highest BCUT2D eigenvalue weighted by atomic mass is 16.6. The summed E-state index contributed by atoms with van der Waals surface area (Å²) in [6, 6.07) is -0.356. The van der Waals surface area contributed by atoms with E-state index in [1.807, 2.05) is 20.8 Å². The van der Waals surface area contributed by atoms with Gasteiger partial charge in [-0.15, -0.1) is 0 Å². The molecule has 8 nitrogen and oxygen atoms in total. The van der Waals surface area contributed by atoms with E-state index < -0.39 is 11.0 Å². The largest absolute Gasteiger partial charge is 0.456 e. The first-order valence-corrected chi connectivity index (χ1v) is 9.89. The van der Waals surface area contributed by atoms with Gasteiger partial charge in [0.1, 0.15) is 12.2 Å². The van der Waals surface area contributed by atoms with E-state index in [2.05, 4.69) is 0 Å². The first kappa shape index (κ1) is 19.2. The lowest BCUT2D eigenvalue weighted by atomic mass is 9.70. The Labute approximate surface area is 164 Å². The van der Waals surface area contributed by atoms with Gasteiger partial charge in [-0.3, -0.25) is 9.69 Å². The minimum Gasteiger partial charge on any atom is -0.456 e. The monoisotopic (exact) mass is 392 g/mol. The maximum atomic E-state index is 13.4. The van der Waals surface area contributed by atoms with Crippen LogP contribution in [0.15, 0.2) is 11.3 Å². The third kappa shape index (κ3) is 3.07. The standard InChI is InChI=1S/C20H28N2O6/c1-12-15(11-27-16(12)23)21-6-5-20(17(21)24)7-13-9-26-10-14(8-20)22(13)18(25)28-19(2,3)4/h13-14H,5-11H2,1-4H3. The zero-order valence-electron chi connectivity index (χ0n) is 16.9. The van der Waals surface area contributed by atoms with Crippen LogP contribution in [0.1, 0.15) is 47.0 Å². The number of amides is 2. The van der Waals surface area contributed by atoms with E-state index in [0.29, 0.717) is 50.3 Å². The highest BCUT2D eigenvalue weighted by Gasteiger charge is 2.57. The Balaban J connectivity index is 1.55. The van der Waals surface area contributed by atoms with E-state index in [9.17, 15) is 14.4 Å². The van der Waals surface area contributed by atoms with Crippen molar-refractivity contribution in [3.05, 3.63) is 11.3 Å². The zero-order valence-corrected chi connectivity index (χ0v) is 16.9. The van der Waals surface area contributed by atoms with Crippen molar-refractivity contribution in [2.75, 3.05) is 26.4 Å². The summed E-state index contributed by atoms with van der Waals surface area (Å²) in [5, 5.41) is 0. The number of morpholine rings is 1. The van der Waals surface area contributed by atoms with Gasteiger partial charge in [0.05, 0.1) is 42.0 Å². The van der Waals surface area contributed by atoms with Gasteiger partial charge in [-0.25, -0.2) is 9.59 Å². The van der Waals surface area contributed by atoms with Gasteiger partial charge in [0, 0.05) is 6.54 Å². The van der Waals surface area contributed by atoms with Crippen LogP contribution in [0.4, 0.5) is 4.79 Å². The van der Waals surface area contributed by atoms with Crippen molar-refractivity contribution in [2.45, 2.75) is 64.6 Å². The zero-order chi connectivity index (χ0) is 20.3. The van der Waals surface area contributed by atoms with E-state index in [0.717, 1.165) is 0 Å². The van der Waals surface area contributed by atoms with Crippen LogP contribution >= 0.6 is 0 Å². The molecular weight excluding hydrogens is 364 g/mol. The molecule has 154 valence electrons. The number of hydrogen-bond donors (Lipinski definition) is 0. The summed E-state index contributed by atoms with van der Waals surface area (Å²) < 4.78 is 16.4. The van der Waals surface area contributed by atoms with Crippen molar-refractivity contribution in [3.63, 3.8) is 0 Å². The third-order valence-corrected chi connectivity index (χ3v) is 6.18. The molecular formula is C20H28N2O6. The Kier molecular flexibility index (Phi) is 4.45. The molecule has 4 aliphatic heterocycles. The van der Waals surface area contributed by atoms with Gasteiger partial charge >= 0.3 is 12.1 Å². The molecule has 3 saturated heterocycles. The molecule has 4 rings (SSSR count). The molecule has 28 heavy (non-hydrogen) atoms. The van der Waals surface area contributed by atoms with Crippen LogP contribution in [0.25, 0.3) is 0 Å². The number of likely N-dealkylation sites (tertiary alicyclic amines) is 1. The summed E-state index contributed by atoms with van der Waals surface area (Å²) in [5.41, 5.74) is 0.111. The molecule has 4 heterocycles. The van der Waals surface area contributed by atoms with Crippen molar-refractivity contribution < 1.29 is 28.6 Å². The van der Waals surface area contributed by atoms with Gasteiger partial charge in [-0.1, -0.05) is 0 Å². The number of hydrogen-bond acceptors (Lipinski definition) is 6. The maximum absolute atomic E-state index is 13.4. The van der Waals surface area contributed by atoms with Crippen molar-refractivity contribution in [1.29, 1.82) is 0 Å². The van der Waals surface area contributed by atoms with Crippen molar-refractivity contribution >= 4 is 18.0 Å². The summed E-state index contributed by atoms with van der Waals surface area (Å²) in [6.07, 6.45) is 1.49. The molecule has 8 heteroatoms. The Morgan fingerprint density at radius 1 is 1.18 bits per heavy atom. The number of cyclic esters (lactones) is 1. The molecule has 2 bridgehead atoms. The first-order chi connectivity index (χ1) is 13.1. The maximum Gasteiger partial charge on any atom is 0.410 e. The van der Waals surface area contributed by atoms with E-state index in [1.54, 1.807) is 16.7 Å². The molecule has 0 N–H and O–H groups in total. The predicted molar refractivity (Wildman–Crippen MR) is 98.1 cm³/mol. The number of nitrogens with zero attached hydrogens (tertiary/aromatic N) is 2. The second-order valence-electron chi connectivity index (χ2n) is 9.28. The smallest absolute Gasteiger partial charge is 0.410 e. The van der Waals surface area contributed by atoms with Crippen LogP contribution in [0, 0.1) is 5.41 Å².